The smallest absolute Gasteiger partial charge is 0.171 e. The van der Waals surface area contributed by atoms with Gasteiger partial charge in [0.2, 0.25) is 0 Å². The Bertz CT molecular complexity index is 955. The molecule has 0 amide bonds. The maximum atomic E-state index is 5.63. The summed E-state index contributed by atoms with van der Waals surface area (Å²) in [5.74, 6) is 1.13. The number of anilines is 1. The van der Waals surface area contributed by atoms with Crippen LogP contribution in [0.3, 0.4) is 0 Å². The van der Waals surface area contributed by atoms with E-state index in [1.807, 2.05) is 24.3 Å². The molecule has 0 bridgehead atoms. The van der Waals surface area contributed by atoms with Crippen LogP contribution in [0.1, 0.15) is 31.0 Å². The van der Waals surface area contributed by atoms with Crippen molar-refractivity contribution < 1.29 is 4.74 Å². The fourth-order valence-corrected chi connectivity index (χ4v) is 3.50. The third-order valence-electron chi connectivity index (χ3n) is 4.68. The van der Waals surface area contributed by atoms with Crippen LogP contribution in [0.4, 0.5) is 5.69 Å². The predicted molar refractivity (Wildman–Crippen MR) is 116 cm³/mol. The molecular weight excluding hydrogens is 354 g/mol. The minimum absolute atomic E-state index is 0.133. The largest absolute Gasteiger partial charge is 0.494 e. The van der Waals surface area contributed by atoms with Crippen molar-refractivity contribution in [2.45, 2.75) is 26.8 Å². The standard InChI is InChI=1S/C22H25N3OS/c1-14(2)20(16-9-6-5-8-15(16)3)25-22(27)24-18-11-12-19(26-4)21-17(18)10-7-13-23-21/h5-14,20H,1-4H3,(H2,24,25,27)/t20-/m1/s1. The van der Waals surface area contributed by atoms with E-state index in [4.69, 9.17) is 17.0 Å². The molecule has 0 unspecified atom stereocenters. The quantitative estimate of drug-likeness (QED) is 0.594. The highest BCUT2D eigenvalue weighted by molar-refractivity contribution is 7.80. The number of nitrogens with zero attached hydrogens (tertiary/aromatic N) is 1. The van der Waals surface area contributed by atoms with Gasteiger partial charge in [-0.1, -0.05) is 38.1 Å². The molecule has 0 saturated heterocycles. The first-order chi connectivity index (χ1) is 13.0. The molecule has 1 heterocycles. The topological polar surface area (TPSA) is 46.2 Å². The van der Waals surface area contributed by atoms with E-state index >= 15 is 0 Å². The number of aromatic nitrogens is 1. The third-order valence-corrected chi connectivity index (χ3v) is 4.90. The predicted octanol–water partition coefficient (Wildman–Crippen LogP) is 5.24. The van der Waals surface area contributed by atoms with Crippen LogP contribution < -0.4 is 15.4 Å². The highest BCUT2D eigenvalue weighted by Gasteiger charge is 2.19. The first-order valence-corrected chi connectivity index (χ1v) is 9.47. The normalized spacial score (nSPS) is 12.0. The second-order valence-corrected chi connectivity index (χ2v) is 7.30. The van der Waals surface area contributed by atoms with E-state index in [1.165, 1.54) is 11.1 Å². The Labute approximate surface area is 166 Å². The second kappa shape index (κ2) is 8.35. The Morgan fingerprint density at radius 1 is 1.07 bits per heavy atom. The number of rotatable bonds is 5. The first-order valence-electron chi connectivity index (χ1n) is 9.06. The molecule has 2 N–H and O–H groups in total. The van der Waals surface area contributed by atoms with E-state index in [1.54, 1.807) is 13.3 Å². The highest BCUT2D eigenvalue weighted by Crippen LogP contribution is 2.30. The summed E-state index contributed by atoms with van der Waals surface area (Å²) >= 11 is 5.63. The zero-order chi connectivity index (χ0) is 19.4. The zero-order valence-corrected chi connectivity index (χ0v) is 16.9. The SMILES string of the molecule is COc1ccc(NC(=S)N[C@@H](c2ccccc2C)C(C)C)c2cccnc12. The van der Waals surface area contributed by atoms with Gasteiger partial charge in [0, 0.05) is 17.3 Å². The van der Waals surface area contributed by atoms with Crippen molar-refractivity contribution in [1.82, 2.24) is 10.3 Å². The molecule has 0 spiro atoms. The molecule has 140 valence electrons. The Morgan fingerprint density at radius 2 is 1.85 bits per heavy atom. The van der Waals surface area contributed by atoms with E-state index in [2.05, 4.69) is 60.7 Å². The highest BCUT2D eigenvalue weighted by atomic mass is 32.1. The molecule has 0 saturated carbocycles. The third kappa shape index (κ3) is 4.19. The van der Waals surface area contributed by atoms with Gasteiger partial charge in [-0.05, 0) is 60.5 Å². The van der Waals surface area contributed by atoms with Crippen LogP contribution in [0.5, 0.6) is 5.75 Å². The van der Waals surface area contributed by atoms with Crippen molar-refractivity contribution in [1.29, 1.82) is 0 Å². The van der Waals surface area contributed by atoms with E-state index in [0.717, 1.165) is 22.3 Å². The van der Waals surface area contributed by atoms with Crippen LogP contribution >= 0.6 is 12.2 Å². The van der Waals surface area contributed by atoms with Gasteiger partial charge in [0.25, 0.3) is 0 Å². The van der Waals surface area contributed by atoms with Gasteiger partial charge >= 0.3 is 0 Å². The second-order valence-electron chi connectivity index (χ2n) is 6.89. The Morgan fingerprint density at radius 3 is 2.56 bits per heavy atom. The average molecular weight is 380 g/mol. The van der Waals surface area contributed by atoms with Gasteiger partial charge in [0.15, 0.2) is 5.11 Å². The molecule has 0 aliphatic rings. The van der Waals surface area contributed by atoms with Gasteiger partial charge in [0.1, 0.15) is 11.3 Å². The summed E-state index contributed by atoms with van der Waals surface area (Å²) < 4.78 is 5.42. The molecule has 0 aliphatic carbocycles. The van der Waals surface area contributed by atoms with Crippen molar-refractivity contribution in [2.24, 2.45) is 5.92 Å². The molecule has 2 aromatic carbocycles. The van der Waals surface area contributed by atoms with Crippen LogP contribution in [0.15, 0.2) is 54.7 Å². The van der Waals surface area contributed by atoms with Crippen LogP contribution in [-0.4, -0.2) is 17.2 Å². The maximum Gasteiger partial charge on any atom is 0.171 e. The van der Waals surface area contributed by atoms with Gasteiger partial charge in [-0.15, -0.1) is 0 Å². The number of fused-ring (bicyclic) bond motifs is 1. The molecule has 0 fully saturated rings. The summed E-state index contributed by atoms with van der Waals surface area (Å²) in [6.07, 6.45) is 1.76. The van der Waals surface area contributed by atoms with Crippen LogP contribution in [-0.2, 0) is 0 Å². The molecule has 1 aromatic heterocycles. The lowest BCUT2D eigenvalue weighted by atomic mass is 9.93. The fourth-order valence-electron chi connectivity index (χ4n) is 3.26. The number of benzene rings is 2. The van der Waals surface area contributed by atoms with Crippen molar-refractivity contribution in [3.05, 3.63) is 65.9 Å². The van der Waals surface area contributed by atoms with Gasteiger partial charge in [0.05, 0.1) is 13.2 Å². The molecule has 3 rings (SSSR count). The lowest BCUT2D eigenvalue weighted by Gasteiger charge is -2.26. The summed E-state index contributed by atoms with van der Waals surface area (Å²) in [4.78, 5) is 4.44. The Hall–Kier alpha value is -2.66. The van der Waals surface area contributed by atoms with Crippen LogP contribution in [0.25, 0.3) is 10.9 Å². The molecule has 0 aliphatic heterocycles. The van der Waals surface area contributed by atoms with Crippen molar-refractivity contribution in [3.63, 3.8) is 0 Å². The Balaban J connectivity index is 1.85. The Kier molecular flexibility index (Phi) is 5.91. The molecule has 0 radical (unpaired) electrons. The summed E-state index contributed by atoms with van der Waals surface area (Å²) in [6, 6.07) is 16.3. The van der Waals surface area contributed by atoms with Crippen molar-refractivity contribution in [3.8, 4) is 5.75 Å². The van der Waals surface area contributed by atoms with Crippen LogP contribution in [0, 0.1) is 12.8 Å². The van der Waals surface area contributed by atoms with E-state index in [0.29, 0.717) is 11.0 Å². The number of methoxy groups -OCH3 is 1. The summed E-state index contributed by atoms with van der Waals surface area (Å²) in [7, 11) is 1.65. The van der Waals surface area contributed by atoms with Crippen molar-refractivity contribution >= 4 is 33.9 Å². The lowest BCUT2D eigenvalue weighted by Crippen LogP contribution is -2.35. The number of aryl methyl sites for hydroxylation is 1. The molecule has 27 heavy (non-hydrogen) atoms. The van der Waals surface area contributed by atoms with Crippen molar-refractivity contribution in [2.75, 3.05) is 12.4 Å². The lowest BCUT2D eigenvalue weighted by molar-refractivity contribution is 0.419. The van der Waals surface area contributed by atoms with E-state index < -0.39 is 0 Å². The van der Waals surface area contributed by atoms with Crippen LogP contribution in [0.2, 0.25) is 0 Å². The number of nitrogens with one attached hydrogen (secondary N) is 2. The van der Waals surface area contributed by atoms with Gasteiger partial charge < -0.3 is 15.4 Å². The monoisotopic (exact) mass is 379 g/mol. The summed E-state index contributed by atoms with van der Waals surface area (Å²) in [6.45, 7) is 6.52. The molecular formula is C22H25N3OS. The minimum Gasteiger partial charge on any atom is -0.494 e. The first kappa shape index (κ1) is 19.1. The summed E-state index contributed by atoms with van der Waals surface area (Å²) in [5, 5.41) is 8.38. The minimum atomic E-state index is 0.133. The molecule has 5 heteroatoms. The van der Waals surface area contributed by atoms with Gasteiger partial charge in [-0.25, -0.2) is 0 Å². The average Bonchev–Trinajstić information content (AvgIpc) is 2.67. The summed E-state index contributed by atoms with van der Waals surface area (Å²) in [5.41, 5.74) is 4.24. The zero-order valence-electron chi connectivity index (χ0n) is 16.1. The fraction of sp³-hybridized carbons (Fsp3) is 0.273. The van der Waals surface area contributed by atoms with E-state index in [9.17, 15) is 0 Å². The molecule has 3 aromatic rings. The maximum absolute atomic E-state index is 5.63. The number of pyridine rings is 1. The van der Waals surface area contributed by atoms with Gasteiger partial charge in [-0.2, -0.15) is 0 Å². The number of hydrogen-bond acceptors (Lipinski definition) is 3. The number of thiocarbonyl (C=S) groups is 1. The molecule has 4 nitrogen and oxygen atoms in total. The van der Waals surface area contributed by atoms with E-state index in [-0.39, 0.29) is 6.04 Å². The molecule has 1 atom stereocenters. The number of hydrogen-bond donors (Lipinski definition) is 2. The number of ether oxygens (including phenoxy) is 1. The van der Waals surface area contributed by atoms with Gasteiger partial charge in [-0.3, -0.25) is 4.98 Å².